The number of aliphatic hydroxyl groups excluding tert-OH is 1. The number of benzene rings is 3. The van der Waals surface area contributed by atoms with E-state index in [9.17, 15) is 27.5 Å². The van der Waals surface area contributed by atoms with Crippen molar-refractivity contribution in [2.45, 2.75) is 25.1 Å². The van der Waals surface area contributed by atoms with Gasteiger partial charge in [-0.15, -0.1) is 0 Å². The smallest absolute Gasteiger partial charge is 0.395 e. The number of rotatable bonds is 7. The zero-order valence-electron chi connectivity index (χ0n) is 20.4. The van der Waals surface area contributed by atoms with Crippen LogP contribution in [-0.4, -0.2) is 48.3 Å². The van der Waals surface area contributed by atoms with Crippen molar-refractivity contribution in [1.29, 1.82) is 5.26 Å². The van der Waals surface area contributed by atoms with E-state index in [1.54, 1.807) is 42.5 Å². The number of amides is 2. The van der Waals surface area contributed by atoms with Crippen LogP contribution in [0.25, 0.3) is 11.1 Å². The van der Waals surface area contributed by atoms with E-state index in [-0.39, 0.29) is 24.9 Å². The molecule has 1 fully saturated rings. The number of hydrogen-bond acceptors (Lipinski definition) is 4. The normalized spacial score (nSPS) is 15.7. The Morgan fingerprint density at radius 1 is 1.11 bits per heavy atom. The first-order valence-corrected chi connectivity index (χ1v) is 12.1. The minimum Gasteiger partial charge on any atom is -0.395 e. The van der Waals surface area contributed by atoms with Crippen LogP contribution in [0.5, 0.6) is 0 Å². The first-order valence-electron chi connectivity index (χ1n) is 12.1. The van der Waals surface area contributed by atoms with Crippen LogP contribution in [0.2, 0.25) is 0 Å². The molecular formula is C28H26F4N4O2. The van der Waals surface area contributed by atoms with Crippen molar-refractivity contribution >= 4 is 17.4 Å². The summed E-state index contributed by atoms with van der Waals surface area (Å²) in [5.74, 6) is -1.42. The molecule has 1 aliphatic heterocycles. The van der Waals surface area contributed by atoms with Crippen LogP contribution in [-0.2, 0) is 6.18 Å². The summed E-state index contributed by atoms with van der Waals surface area (Å²) in [5.41, 5.74) is 0.997. The van der Waals surface area contributed by atoms with Crippen LogP contribution in [0.4, 0.5) is 33.7 Å². The molecule has 38 heavy (non-hydrogen) atoms. The number of carbonyl (C=O) groups excluding carboxylic acids is 1. The van der Waals surface area contributed by atoms with E-state index < -0.39 is 23.6 Å². The van der Waals surface area contributed by atoms with Gasteiger partial charge in [0.15, 0.2) is 0 Å². The molecule has 0 aromatic heterocycles. The van der Waals surface area contributed by atoms with E-state index in [1.807, 2.05) is 6.07 Å². The Labute approximate surface area is 217 Å². The zero-order valence-corrected chi connectivity index (χ0v) is 20.4. The molecule has 1 aliphatic rings. The lowest BCUT2D eigenvalue weighted by atomic mass is 10.0. The SMILES string of the molecule is N#Cc1cccc(-c2ccc(N(CCN3CCCC3CO)C(=O)Nc3ccc(F)c(C(F)(F)F)c3)cc2)c1. The number of halogens is 4. The summed E-state index contributed by atoms with van der Waals surface area (Å²) in [7, 11) is 0. The molecule has 10 heteroatoms. The van der Waals surface area contributed by atoms with E-state index in [0.717, 1.165) is 36.6 Å². The zero-order chi connectivity index (χ0) is 27.3. The summed E-state index contributed by atoms with van der Waals surface area (Å²) < 4.78 is 53.2. The van der Waals surface area contributed by atoms with Gasteiger partial charge in [0.25, 0.3) is 0 Å². The highest BCUT2D eigenvalue weighted by Crippen LogP contribution is 2.33. The highest BCUT2D eigenvalue weighted by atomic mass is 19.4. The van der Waals surface area contributed by atoms with Crippen molar-refractivity contribution in [3.8, 4) is 17.2 Å². The monoisotopic (exact) mass is 526 g/mol. The first-order chi connectivity index (χ1) is 18.2. The summed E-state index contributed by atoms with van der Waals surface area (Å²) in [6.07, 6.45) is -3.14. The average Bonchev–Trinajstić information content (AvgIpc) is 3.37. The van der Waals surface area contributed by atoms with Gasteiger partial charge in [-0.05, 0) is 73.0 Å². The third-order valence-corrected chi connectivity index (χ3v) is 6.59. The van der Waals surface area contributed by atoms with Crippen LogP contribution in [0.15, 0.2) is 66.7 Å². The number of nitrogens with zero attached hydrogens (tertiary/aromatic N) is 3. The van der Waals surface area contributed by atoms with Gasteiger partial charge in [-0.25, -0.2) is 9.18 Å². The number of likely N-dealkylation sites (tertiary alicyclic amines) is 1. The summed E-state index contributed by atoms with van der Waals surface area (Å²) in [6.45, 7) is 1.42. The standard InChI is InChI=1S/C28H26F4N4O2/c29-26-11-8-22(16-25(26)28(30,31)32)34-27(38)36(14-13-35-12-2-5-24(35)18-37)23-9-6-20(7-10-23)21-4-1-3-19(15-21)17-33/h1,3-4,6-11,15-16,24,37H,2,5,12-14,18H2,(H,34,38). The van der Waals surface area contributed by atoms with Gasteiger partial charge in [0.05, 0.1) is 23.8 Å². The molecule has 1 atom stereocenters. The lowest BCUT2D eigenvalue weighted by Gasteiger charge is -2.28. The molecule has 0 aliphatic carbocycles. The molecule has 3 aromatic rings. The molecule has 0 spiro atoms. The molecule has 2 N–H and O–H groups in total. The molecule has 2 amide bonds. The fourth-order valence-electron chi connectivity index (χ4n) is 4.59. The fourth-order valence-corrected chi connectivity index (χ4v) is 4.59. The summed E-state index contributed by atoms with van der Waals surface area (Å²) >= 11 is 0. The third kappa shape index (κ3) is 6.30. The van der Waals surface area contributed by atoms with Gasteiger partial charge in [-0.3, -0.25) is 9.80 Å². The number of urea groups is 1. The molecule has 4 rings (SSSR count). The Balaban J connectivity index is 1.59. The van der Waals surface area contributed by atoms with Crippen LogP contribution >= 0.6 is 0 Å². The van der Waals surface area contributed by atoms with Gasteiger partial charge in [0.2, 0.25) is 0 Å². The Morgan fingerprint density at radius 3 is 2.55 bits per heavy atom. The van der Waals surface area contributed by atoms with Crippen molar-refractivity contribution in [3.05, 3.63) is 83.7 Å². The van der Waals surface area contributed by atoms with Crippen LogP contribution < -0.4 is 10.2 Å². The Kier molecular flexibility index (Phi) is 8.29. The number of anilines is 2. The van der Waals surface area contributed by atoms with E-state index >= 15 is 0 Å². The topological polar surface area (TPSA) is 79.6 Å². The number of alkyl halides is 3. The van der Waals surface area contributed by atoms with Gasteiger partial charge in [0, 0.05) is 30.5 Å². The maximum absolute atomic E-state index is 13.7. The molecule has 198 valence electrons. The van der Waals surface area contributed by atoms with E-state index in [0.29, 0.717) is 29.9 Å². The summed E-state index contributed by atoms with van der Waals surface area (Å²) in [4.78, 5) is 16.8. The van der Waals surface area contributed by atoms with Crippen molar-refractivity contribution < 1.29 is 27.5 Å². The summed E-state index contributed by atoms with van der Waals surface area (Å²) in [5, 5.41) is 21.3. The van der Waals surface area contributed by atoms with Crippen LogP contribution in [0.3, 0.4) is 0 Å². The highest BCUT2D eigenvalue weighted by molar-refractivity contribution is 6.02. The van der Waals surface area contributed by atoms with Crippen molar-refractivity contribution in [1.82, 2.24) is 4.90 Å². The lowest BCUT2D eigenvalue weighted by Crippen LogP contribution is -2.43. The van der Waals surface area contributed by atoms with E-state index in [4.69, 9.17) is 5.26 Å². The van der Waals surface area contributed by atoms with Gasteiger partial charge in [-0.1, -0.05) is 24.3 Å². The molecule has 6 nitrogen and oxygen atoms in total. The maximum atomic E-state index is 13.7. The Hall–Kier alpha value is -3.94. The van der Waals surface area contributed by atoms with Crippen molar-refractivity contribution in [3.63, 3.8) is 0 Å². The number of carbonyl (C=O) groups is 1. The van der Waals surface area contributed by atoms with Crippen molar-refractivity contribution in [2.24, 2.45) is 0 Å². The molecular weight excluding hydrogens is 500 g/mol. The minimum absolute atomic E-state index is 0.00153. The second-order valence-corrected chi connectivity index (χ2v) is 9.03. The fraction of sp³-hybridized carbons (Fsp3) is 0.286. The predicted molar refractivity (Wildman–Crippen MR) is 136 cm³/mol. The molecule has 3 aromatic carbocycles. The van der Waals surface area contributed by atoms with Crippen molar-refractivity contribution in [2.75, 3.05) is 36.5 Å². The number of aliphatic hydroxyl groups is 1. The van der Waals surface area contributed by atoms with Crippen LogP contribution in [0.1, 0.15) is 24.0 Å². The molecule has 1 heterocycles. The largest absolute Gasteiger partial charge is 0.419 e. The lowest BCUT2D eigenvalue weighted by molar-refractivity contribution is -0.139. The first kappa shape index (κ1) is 27.1. The van der Waals surface area contributed by atoms with Crippen LogP contribution in [0, 0.1) is 17.1 Å². The van der Waals surface area contributed by atoms with Gasteiger partial charge in [-0.2, -0.15) is 18.4 Å². The molecule has 1 unspecified atom stereocenters. The minimum atomic E-state index is -4.90. The maximum Gasteiger partial charge on any atom is 0.419 e. The van der Waals surface area contributed by atoms with E-state index in [1.165, 1.54) is 4.90 Å². The molecule has 1 saturated heterocycles. The summed E-state index contributed by atoms with van der Waals surface area (Å²) in [6, 6.07) is 17.8. The predicted octanol–water partition coefficient (Wildman–Crippen LogP) is 5.88. The Bertz CT molecular complexity index is 1320. The Morgan fingerprint density at radius 2 is 1.87 bits per heavy atom. The number of hydrogen-bond donors (Lipinski definition) is 2. The second kappa shape index (κ2) is 11.6. The quantitative estimate of drug-likeness (QED) is 0.377. The second-order valence-electron chi connectivity index (χ2n) is 9.03. The van der Waals surface area contributed by atoms with Gasteiger partial charge < -0.3 is 10.4 Å². The highest BCUT2D eigenvalue weighted by Gasteiger charge is 2.34. The molecule has 0 radical (unpaired) electrons. The van der Waals surface area contributed by atoms with Gasteiger partial charge >= 0.3 is 12.2 Å². The molecule has 0 saturated carbocycles. The third-order valence-electron chi connectivity index (χ3n) is 6.59. The molecule has 0 bridgehead atoms. The van der Waals surface area contributed by atoms with Gasteiger partial charge in [0.1, 0.15) is 5.82 Å². The number of nitrogens with one attached hydrogen (secondary N) is 1. The number of nitriles is 1. The van der Waals surface area contributed by atoms with E-state index in [2.05, 4.69) is 16.3 Å². The average molecular weight is 527 g/mol.